The Labute approximate surface area is 307 Å². The molecule has 0 unspecified atom stereocenters. The predicted molar refractivity (Wildman–Crippen MR) is 214 cm³/mol. The molecule has 5 heteroatoms. The molecule has 0 aromatic rings. The quantitative estimate of drug-likeness (QED) is 0.0413. The Morgan fingerprint density at radius 1 is 0.480 bits per heavy atom. The molecular formula is C45H72O5. The van der Waals surface area contributed by atoms with E-state index in [0.29, 0.717) is 12.8 Å². The molecule has 1 atom stereocenters. The maximum absolute atomic E-state index is 12.2. The van der Waals surface area contributed by atoms with E-state index in [0.717, 1.165) is 103 Å². The van der Waals surface area contributed by atoms with Gasteiger partial charge in [-0.15, -0.1) is 0 Å². The summed E-state index contributed by atoms with van der Waals surface area (Å²) in [5.74, 6) is -0.664. The number of hydrogen-bond acceptors (Lipinski definition) is 5. The van der Waals surface area contributed by atoms with Gasteiger partial charge in [-0.1, -0.05) is 143 Å². The lowest BCUT2D eigenvalue weighted by Crippen LogP contribution is -2.28. The van der Waals surface area contributed by atoms with E-state index in [2.05, 4.69) is 111 Å². The number of esters is 2. The van der Waals surface area contributed by atoms with E-state index in [1.165, 1.54) is 25.7 Å². The molecule has 50 heavy (non-hydrogen) atoms. The average molecular weight is 693 g/mol. The van der Waals surface area contributed by atoms with Crippen LogP contribution in [-0.2, 0) is 19.1 Å². The first-order valence-electron chi connectivity index (χ1n) is 19.8. The van der Waals surface area contributed by atoms with Crippen LogP contribution in [0, 0.1) is 0 Å². The molecule has 0 aromatic carbocycles. The molecular weight excluding hydrogens is 620 g/mol. The van der Waals surface area contributed by atoms with Crippen molar-refractivity contribution in [1.29, 1.82) is 0 Å². The second-order valence-corrected chi connectivity index (χ2v) is 12.6. The molecule has 0 aliphatic heterocycles. The molecule has 0 saturated heterocycles. The average Bonchev–Trinajstić information content (AvgIpc) is 3.12. The van der Waals surface area contributed by atoms with Gasteiger partial charge in [0.1, 0.15) is 6.61 Å². The molecule has 0 aliphatic rings. The summed E-state index contributed by atoms with van der Waals surface area (Å²) >= 11 is 0. The minimum absolute atomic E-state index is 0.0988. The van der Waals surface area contributed by atoms with E-state index in [4.69, 9.17) is 9.47 Å². The molecule has 282 valence electrons. The molecule has 0 radical (unpaired) electrons. The molecule has 0 fully saturated rings. The SMILES string of the molecule is CC/C=C/C/C=C/C/C=C/C/C=C/C/C=C/CCCCCC(=O)OC[C@H](CO)OC(=O)CCCCCC/C=C/C/C=C/C/C=C/CCCCC. The van der Waals surface area contributed by atoms with E-state index in [9.17, 15) is 14.7 Å². The van der Waals surface area contributed by atoms with E-state index >= 15 is 0 Å². The largest absolute Gasteiger partial charge is 0.462 e. The van der Waals surface area contributed by atoms with E-state index < -0.39 is 6.10 Å². The van der Waals surface area contributed by atoms with Gasteiger partial charge in [-0.25, -0.2) is 0 Å². The van der Waals surface area contributed by atoms with Crippen molar-refractivity contribution in [3.63, 3.8) is 0 Å². The van der Waals surface area contributed by atoms with Gasteiger partial charge < -0.3 is 14.6 Å². The molecule has 0 aliphatic carbocycles. The van der Waals surface area contributed by atoms with E-state index in [1.54, 1.807) is 0 Å². The van der Waals surface area contributed by atoms with Crippen LogP contribution in [0.4, 0.5) is 0 Å². The Balaban J connectivity index is 3.72. The van der Waals surface area contributed by atoms with Crippen LogP contribution >= 0.6 is 0 Å². The molecule has 0 spiro atoms. The third-order valence-electron chi connectivity index (χ3n) is 7.86. The van der Waals surface area contributed by atoms with E-state index in [1.807, 2.05) is 0 Å². The Hall–Kier alpha value is -3.18. The zero-order valence-corrected chi connectivity index (χ0v) is 31.9. The van der Waals surface area contributed by atoms with Crippen LogP contribution in [0.1, 0.15) is 155 Å². The number of allylic oxidation sites excluding steroid dienone is 16. The van der Waals surface area contributed by atoms with Crippen molar-refractivity contribution < 1.29 is 24.2 Å². The Morgan fingerprint density at radius 3 is 1.30 bits per heavy atom. The summed E-state index contributed by atoms with van der Waals surface area (Å²) in [5.41, 5.74) is 0. The zero-order valence-electron chi connectivity index (χ0n) is 31.9. The zero-order chi connectivity index (χ0) is 36.4. The lowest BCUT2D eigenvalue weighted by atomic mass is 10.1. The van der Waals surface area contributed by atoms with Gasteiger partial charge >= 0.3 is 11.9 Å². The first-order chi connectivity index (χ1) is 24.6. The molecule has 5 nitrogen and oxygen atoms in total. The fourth-order valence-electron chi connectivity index (χ4n) is 4.88. The summed E-state index contributed by atoms with van der Waals surface area (Å²) < 4.78 is 10.6. The van der Waals surface area contributed by atoms with Gasteiger partial charge in [0.2, 0.25) is 0 Å². The summed E-state index contributed by atoms with van der Waals surface area (Å²) in [6, 6.07) is 0. The lowest BCUT2D eigenvalue weighted by molar-refractivity contribution is -0.161. The molecule has 0 bridgehead atoms. The van der Waals surface area contributed by atoms with Gasteiger partial charge in [0.15, 0.2) is 6.10 Å². The predicted octanol–water partition coefficient (Wildman–Crippen LogP) is 12.5. The Morgan fingerprint density at radius 2 is 0.860 bits per heavy atom. The molecule has 0 aromatic heterocycles. The number of carbonyl (C=O) groups is 2. The highest BCUT2D eigenvalue weighted by molar-refractivity contribution is 5.70. The monoisotopic (exact) mass is 693 g/mol. The Kier molecular flexibility index (Phi) is 37.7. The number of unbranched alkanes of at least 4 members (excludes halogenated alkanes) is 10. The number of carbonyl (C=O) groups excluding carboxylic acids is 2. The van der Waals surface area contributed by atoms with Crippen molar-refractivity contribution in [1.82, 2.24) is 0 Å². The van der Waals surface area contributed by atoms with Crippen LogP contribution < -0.4 is 0 Å². The van der Waals surface area contributed by atoms with Crippen molar-refractivity contribution >= 4 is 11.9 Å². The van der Waals surface area contributed by atoms with Gasteiger partial charge in [-0.05, 0) is 96.3 Å². The summed E-state index contributed by atoms with van der Waals surface area (Å²) in [6.45, 7) is 3.93. The first-order valence-corrected chi connectivity index (χ1v) is 19.8. The van der Waals surface area contributed by atoms with Crippen LogP contribution in [0.3, 0.4) is 0 Å². The maximum Gasteiger partial charge on any atom is 0.306 e. The fraction of sp³-hybridized carbons (Fsp3) is 0.600. The smallest absolute Gasteiger partial charge is 0.306 e. The standard InChI is InChI=1S/C45H72O5/c1-3-5-7-9-11-13-15-17-19-21-22-24-25-27-29-31-33-35-37-39-44(47)49-42-43(41-46)50-45(48)40-38-36-34-32-30-28-26-23-20-18-16-14-12-10-8-6-4-2/h5,7,11-14,17-20,22,24,26-29,43,46H,3-4,6,8-10,15-16,21,23,25,30-42H2,1-2H3/b7-5+,13-11+,14-12+,19-17+,20-18+,24-22+,28-26+,29-27+/t43-/m0/s1. The van der Waals surface area contributed by atoms with Crippen LogP contribution in [0.2, 0.25) is 0 Å². The van der Waals surface area contributed by atoms with Crippen LogP contribution in [0.25, 0.3) is 0 Å². The third kappa shape index (κ3) is 37.6. The number of aliphatic hydroxyl groups excluding tert-OH is 1. The van der Waals surface area contributed by atoms with Gasteiger partial charge in [0.05, 0.1) is 6.61 Å². The van der Waals surface area contributed by atoms with Gasteiger partial charge in [0, 0.05) is 12.8 Å². The van der Waals surface area contributed by atoms with Crippen LogP contribution in [0.15, 0.2) is 97.2 Å². The second-order valence-electron chi connectivity index (χ2n) is 12.6. The highest BCUT2D eigenvalue weighted by Crippen LogP contribution is 2.10. The summed E-state index contributed by atoms with van der Waals surface area (Å²) in [6.07, 6.45) is 56.0. The second kappa shape index (κ2) is 40.3. The lowest BCUT2D eigenvalue weighted by Gasteiger charge is -2.15. The third-order valence-corrected chi connectivity index (χ3v) is 7.86. The topological polar surface area (TPSA) is 72.8 Å². The fourth-order valence-corrected chi connectivity index (χ4v) is 4.88. The van der Waals surface area contributed by atoms with Crippen molar-refractivity contribution in [3.8, 4) is 0 Å². The Bertz CT molecular complexity index is 1010. The summed E-state index contributed by atoms with van der Waals surface area (Å²) in [4.78, 5) is 24.3. The molecule has 0 amide bonds. The van der Waals surface area contributed by atoms with Crippen molar-refractivity contribution in [2.24, 2.45) is 0 Å². The number of aliphatic hydroxyl groups is 1. The number of ether oxygens (including phenoxy) is 2. The van der Waals surface area contributed by atoms with Crippen molar-refractivity contribution in [2.75, 3.05) is 13.2 Å². The molecule has 1 N–H and O–H groups in total. The number of hydrogen-bond donors (Lipinski definition) is 1. The molecule has 0 rings (SSSR count). The molecule has 0 heterocycles. The summed E-state index contributed by atoms with van der Waals surface area (Å²) in [7, 11) is 0. The van der Waals surface area contributed by atoms with Gasteiger partial charge in [-0.3, -0.25) is 9.59 Å². The minimum Gasteiger partial charge on any atom is -0.462 e. The first kappa shape index (κ1) is 46.8. The van der Waals surface area contributed by atoms with Crippen molar-refractivity contribution in [3.05, 3.63) is 97.2 Å². The minimum atomic E-state index is -0.803. The van der Waals surface area contributed by atoms with Gasteiger partial charge in [0.25, 0.3) is 0 Å². The van der Waals surface area contributed by atoms with Gasteiger partial charge in [-0.2, -0.15) is 0 Å². The summed E-state index contributed by atoms with van der Waals surface area (Å²) in [5, 5.41) is 9.55. The number of rotatable bonds is 34. The highest BCUT2D eigenvalue weighted by atomic mass is 16.6. The maximum atomic E-state index is 12.2. The van der Waals surface area contributed by atoms with Crippen molar-refractivity contribution in [2.45, 2.75) is 161 Å². The van der Waals surface area contributed by atoms with E-state index in [-0.39, 0.29) is 25.2 Å². The normalized spacial score (nSPS) is 13.3. The molecule has 0 saturated carbocycles. The van der Waals surface area contributed by atoms with Crippen LogP contribution in [-0.4, -0.2) is 36.4 Å². The van der Waals surface area contributed by atoms with Crippen LogP contribution in [0.5, 0.6) is 0 Å². The highest BCUT2D eigenvalue weighted by Gasteiger charge is 2.16.